The fraction of sp³-hybridized carbons (Fsp3) is 0.409. The third kappa shape index (κ3) is 5.23. The van der Waals surface area contributed by atoms with Crippen LogP contribution in [0.3, 0.4) is 0 Å². The van der Waals surface area contributed by atoms with E-state index in [0.717, 1.165) is 36.6 Å². The summed E-state index contributed by atoms with van der Waals surface area (Å²) in [5, 5.41) is 3.00. The monoisotopic (exact) mass is 368 g/mol. The maximum Gasteiger partial charge on any atom is 0.238 e. The second kappa shape index (κ2) is 9.42. The number of hydrogen-bond donors (Lipinski definition) is 1. The van der Waals surface area contributed by atoms with E-state index in [1.54, 1.807) is 14.2 Å². The molecular formula is C22H28N2O3. The lowest BCUT2D eigenvalue weighted by molar-refractivity contribution is -0.117. The number of carbonyl (C=O) groups excluding carboxylic acids is 1. The minimum Gasteiger partial charge on any atom is -0.497 e. The molecule has 3 rings (SSSR count). The van der Waals surface area contributed by atoms with Crippen molar-refractivity contribution in [1.82, 2.24) is 4.90 Å². The molecule has 1 saturated heterocycles. The number of ether oxygens (including phenoxy) is 2. The van der Waals surface area contributed by atoms with Gasteiger partial charge in [-0.05, 0) is 61.3 Å². The SMILES string of the molecule is COc1ccc(NC(=O)CN2CCCCC[C@H]2c2ccc(OC)cc2)cc1. The fourth-order valence-electron chi connectivity index (χ4n) is 3.62. The third-order valence-electron chi connectivity index (χ3n) is 5.08. The van der Waals surface area contributed by atoms with Crippen LogP contribution in [0.1, 0.15) is 37.3 Å². The minimum absolute atomic E-state index is 0.0144. The summed E-state index contributed by atoms with van der Waals surface area (Å²) in [6, 6.07) is 15.9. The number of nitrogens with zero attached hydrogens (tertiary/aromatic N) is 1. The molecule has 1 atom stereocenters. The molecule has 144 valence electrons. The topological polar surface area (TPSA) is 50.8 Å². The lowest BCUT2D eigenvalue weighted by Crippen LogP contribution is -2.36. The van der Waals surface area contributed by atoms with Crippen molar-refractivity contribution in [3.05, 3.63) is 54.1 Å². The Bertz CT molecular complexity index is 728. The molecule has 2 aromatic carbocycles. The molecule has 0 aliphatic carbocycles. The van der Waals surface area contributed by atoms with Gasteiger partial charge in [0.15, 0.2) is 0 Å². The van der Waals surface area contributed by atoms with Gasteiger partial charge in [-0.15, -0.1) is 0 Å². The van der Waals surface area contributed by atoms with Crippen LogP contribution in [-0.4, -0.2) is 38.1 Å². The second-order valence-corrected chi connectivity index (χ2v) is 6.89. The van der Waals surface area contributed by atoms with E-state index < -0.39 is 0 Å². The number of methoxy groups -OCH3 is 2. The predicted octanol–water partition coefficient (Wildman–Crippen LogP) is 4.26. The zero-order chi connectivity index (χ0) is 19.1. The summed E-state index contributed by atoms with van der Waals surface area (Å²) in [7, 11) is 3.31. The summed E-state index contributed by atoms with van der Waals surface area (Å²) >= 11 is 0. The molecule has 1 heterocycles. The van der Waals surface area contributed by atoms with E-state index >= 15 is 0 Å². The Morgan fingerprint density at radius 2 is 1.59 bits per heavy atom. The van der Waals surface area contributed by atoms with Crippen LogP contribution >= 0.6 is 0 Å². The molecule has 1 fully saturated rings. The lowest BCUT2D eigenvalue weighted by Gasteiger charge is -2.29. The average molecular weight is 368 g/mol. The summed E-state index contributed by atoms with van der Waals surface area (Å²) in [5.74, 6) is 1.65. The van der Waals surface area contributed by atoms with E-state index in [1.165, 1.54) is 18.4 Å². The van der Waals surface area contributed by atoms with Crippen molar-refractivity contribution in [3.63, 3.8) is 0 Å². The third-order valence-corrected chi connectivity index (χ3v) is 5.08. The number of nitrogens with one attached hydrogen (secondary N) is 1. The maximum absolute atomic E-state index is 12.6. The van der Waals surface area contributed by atoms with Crippen molar-refractivity contribution in [1.29, 1.82) is 0 Å². The first-order valence-electron chi connectivity index (χ1n) is 9.51. The van der Waals surface area contributed by atoms with Crippen LogP contribution in [0.5, 0.6) is 11.5 Å². The highest BCUT2D eigenvalue weighted by Gasteiger charge is 2.24. The minimum atomic E-state index is 0.0144. The summed E-state index contributed by atoms with van der Waals surface area (Å²) in [6.07, 6.45) is 4.60. The highest BCUT2D eigenvalue weighted by atomic mass is 16.5. The Morgan fingerprint density at radius 1 is 0.963 bits per heavy atom. The molecule has 1 N–H and O–H groups in total. The van der Waals surface area contributed by atoms with Crippen molar-refractivity contribution >= 4 is 11.6 Å². The van der Waals surface area contributed by atoms with Gasteiger partial charge in [0.1, 0.15) is 11.5 Å². The molecule has 2 aromatic rings. The van der Waals surface area contributed by atoms with Crippen molar-refractivity contribution in [2.75, 3.05) is 32.6 Å². The van der Waals surface area contributed by atoms with Crippen molar-refractivity contribution in [2.45, 2.75) is 31.7 Å². The average Bonchev–Trinajstić information content (AvgIpc) is 2.94. The van der Waals surface area contributed by atoms with Gasteiger partial charge in [0.2, 0.25) is 5.91 Å². The predicted molar refractivity (Wildman–Crippen MR) is 107 cm³/mol. The molecule has 1 aliphatic heterocycles. The smallest absolute Gasteiger partial charge is 0.238 e. The van der Waals surface area contributed by atoms with E-state index in [-0.39, 0.29) is 11.9 Å². The molecule has 5 heteroatoms. The van der Waals surface area contributed by atoms with Crippen LogP contribution in [0, 0.1) is 0 Å². The normalized spacial score (nSPS) is 17.8. The second-order valence-electron chi connectivity index (χ2n) is 6.89. The van der Waals surface area contributed by atoms with Gasteiger partial charge in [-0.25, -0.2) is 0 Å². The number of amides is 1. The fourth-order valence-corrected chi connectivity index (χ4v) is 3.62. The van der Waals surface area contributed by atoms with E-state index in [9.17, 15) is 4.79 Å². The van der Waals surface area contributed by atoms with Gasteiger partial charge in [0.25, 0.3) is 0 Å². The van der Waals surface area contributed by atoms with Gasteiger partial charge in [0.05, 0.1) is 20.8 Å². The largest absolute Gasteiger partial charge is 0.497 e. The number of likely N-dealkylation sites (tertiary alicyclic amines) is 1. The Balaban J connectivity index is 1.67. The number of rotatable bonds is 6. The van der Waals surface area contributed by atoms with Gasteiger partial charge in [0, 0.05) is 11.7 Å². The molecule has 0 aromatic heterocycles. The van der Waals surface area contributed by atoms with Gasteiger partial charge in [-0.3, -0.25) is 9.69 Å². The van der Waals surface area contributed by atoms with Crippen molar-refractivity contribution < 1.29 is 14.3 Å². The molecule has 5 nitrogen and oxygen atoms in total. The quantitative estimate of drug-likeness (QED) is 0.828. The molecule has 0 saturated carbocycles. The van der Waals surface area contributed by atoms with Crippen LogP contribution in [0.25, 0.3) is 0 Å². The van der Waals surface area contributed by atoms with E-state index in [0.29, 0.717) is 6.54 Å². The molecule has 0 unspecified atom stereocenters. The van der Waals surface area contributed by atoms with E-state index in [2.05, 4.69) is 22.3 Å². The van der Waals surface area contributed by atoms with E-state index in [1.807, 2.05) is 36.4 Å². The summed E-state index contributed by atoms with van der Waals surface area (Å²) in [5.41, 5.74) is 2.03. The van der Waals surface area contributed by atoms with Gasteiger partial charge >= 0.3 is 0 Å². The van der Waals surface area contributed by atoms with Crippen molar-refractivity contribution in [3.8, 4) is 11.5 Å². The lowest BCUT2D eigenvalue weighted by atomic mass is 10.0. The molecular weight excluding hydrogens is 340 g/mol. The number of carbonyl (C=O) groups is 1. The summed E-state index contributed by atoms with van der Waals surface area (Å²) in [4.78, 5) is 14.9. The Morgan fingerprint density at radius 3 is 2.22 bits per heavy atom. The first kappa shape index (κ1) is 19.2. The van der Waals surface area contributed by atoms with Gasteiger partial charge < -0.3 is 14.8 Å². The number of benzene rings is 2. The van der Waals surface area contributed by atoms with Crippen LogP contribution in [0.15, 0.2) is 48.5 Å². The molecule has 1 amide bonds. The zero-order valence-corrected chi connectivity index (χ0v) is 16.1. The first-order valence-corrected chi connectivity index (χ1v) is 9.51. The highest BCUT2D eigenvalue weighted by molar-refractivity contribution is 5.92. The molecule has 0 spiro atoms. The first-order chi connectivity index (χ1) is 13.2. The van der Waals surface area contributed by atoms with Gasteiger partial charge in [-0.2, -0.15) is 0 Å². The maximum atomic E-state index is 12.6. The molecule has 0 bridgehead atoms. The Hall–Kier alpha value is -2.53. The molecule has 27 heavy (non-hydrogen) atoms. The van der Waals surface area contributed by atoms with Crippen LogP contribution < -0.4 is 14.8 Å². The highest BCUT2D eigenvalue weighted by Crippen LogP contribution is 2.31. The van der Waals surface area contributed by atoms with Crippen molar-refractivity contribution in [2.24, 2.45) is 0 Å². The Labute approximate surface area is 161 Å². The van der Waals surface area contributed by atoms with Crippen LogP contribution in [0.2, 0.25) is 0 Å². The summed E-state index contributed by atoms with van der Waals surface area (Å²) < 4.78 is 10.4. The van der Waals surface area contributed by atoms with Crippen LogP contribution in [0.4, 0.5) is 5.69 Å². The molecule has 0 radical (unpaired) electrons. The van der Waals surface area contributed by atoms with Crippen LogP contribution in [-0.2, 0) is 4.79 Å². The standard InChI is InChI=1S/C22H28N2O3/c1-26-19-11-7-17(8-12-19)21-6-4-3-5-15-24(21)16-22(25)23-18-9-13-20(27-2)14-10-18/h7-14,21H,3-6,15-16H2,1-2H3,(H,23,25)/t21-/m0/s1. The van der Waals surface area contributed by atoms with Gasteiger partial charge in [-0.1, -0.05) is 25.0 Å². The zero-order valence-electron chi connectivity index (χ0n) is 16.1. The Kier molecular flexibility index (Phi) is 6.71. The van der Waals surface area contributed by atoms with E-state index in [4.69, 9.17) is 9.47 Å². The summed E-state index contributed by atoms with van der Waals surface area (Å²) in [6.45, 7) is 1.33. The number of anilines is 1. The molecule has 1 aliphatic rings. The number of hydrogen-bond acceptors (Lipinski definition) is 4.